The Hall–Kier alpha value is -2.35. The summed E-state index contributed by atoms with van der Waals surface area (Å²) in [6.45, 7) is 0. The second-order valence-corrected chi connectivity index (χ2v) is 4.92. The molecule has 3 nitrogen and oxygen atoms in total. The molecular weight excluding hydrogens is 241 g/mol. The summed E-state index contributed by atoms with van der Waals surface area (Å²) in [4.78, 5) is 0. The summed E-state index contributed by atoms with van der Waals surface area (Å²) in [5.74, 6) is 4.16. The molecule has 0 spiro atoms. The van der Waals surface area contributed by atoms with Crippen molar-refractivity contribution in [2.24, 2.45) is 0 Å². The highest BCUT2D eigenvalue weighted by molar-refractivity contribution is 7.69. The Bertz CT molecular complexity index is 530. The van der Waals surface area contributed by atoms with E-state index in [1.54, 1.807) is 4.67 Å². The minimum atomic E-state index is -1.53. The molecule has 0 bridgehead atoms. The van der Waals surface area contributed by atoms with Crippen LogP contribution >= 0.6 is 8.07 Å². The molecule has 0 heterocycles. The monoisotopic (exact) mass is 251 g/mol. The molecule has 0 radical (unpaired) electrons. The zero-order valence-electron chi connectivity index (χ0n) is 9.56. The molecule has 0 unspecified atom stereocenters. The summed E-state index contributed by atoms with van der Waals surface area (Å²) < 4.78 is 1.79. The Morgan fingerprint density at radius 2 is 1.11 bits per heavy atom. The van der Waals surface area contributed by atoms with E-state index in [1.165, 1.54) is 0 Å². The smallest absolute Gasteiger partial charge is 0.215 e. The zero-order valence-corrected chi connectivity index (χ0v) is 10.5. The second-order valence-electron chi connectivity index (χ2n) is 3.49. The van der Waals surface area contributed by atoms with Crippen molar-refractivity contribution < 1.29 is 0 Å². The van der Waals surface area contributed by atoms with Crippen LogP contribution in [0.4, 0.5) is 11.4 Å². The fraction of sp³-hybridized carbons (Fsp3) is 0. The van der Waals surface area contributed by atoms with E-state index in [1.807, 2.05) is 60.7 Å². The van der Waals surface area contributed by atoms with Gasteiger partial charge in [0.1, 0.15) is 11.6 Å². The van der Waals surface area contributed by atoms with Gasteiger partial charge < -0.3 is 0 Å². The van der Waals surface area contributed by atoms with Gasteiger partial charge in [-0.25, -0.2) is 0 Å². The van der Waals surface area contributed by atoms with Crippen LogP contribution in [0, 0.1) is 22.1 Å². The number of anilines is 2. The first kappa shape index (κ1) is 12.1. The van der Waals surface area contributed by atoms with E-state index >= 15 is 0 Å². The molecule has 2 aromatic carbocycles. The first-order valence-corrected chi connectivity index (χ1v) is 6.66. The SMILES string of the molecule is N#CP(C#N)N(c1ccccc1)c1ccccc1. The first-order chi connectivity index (χ1) is 8.86. The summed E-state index contributed by atoms with van der Waals surface area (Å²) in [7, 11) is -1.53. The Labute approximate surface area is 107 Å². The third kappa shape index (κ3) is 2.48. The molecule has 4 heteroatoms. The van der Waals surface area contributed by atoms with Gasteiger partial charge in [0.2, 0.25) is 8.07 Å². The van der Waals surface area contributed by atoms with Crippen LogP contribution in [-0.2, 0) is 0 Å². The van der Waals surface area contributed by atoms with Crippen LogP contribution in [-0.4, -0.2) is 0 Å². The van der Waals surface area contributed by atoms with E-state index in [2.05, 4.69) is 11.6 Å². The van der Waals surface area contributed by atoms with Crippen molar-refractivity contribution in [2.75, 3.05) is 4.67 Å². The summed E-state index contributed by atoms with van der Waals surface area (Å²) in [5, 5.41) is 18.3. The maximum Gasteiger partial charge on any atom is 0.215 e. The summed E-state index contributed by atoms with van der Waals surface area (Å²) in [6.07, 6.45) is 0. The van der Waals surface area contributed by atoms with E-state index in [0.717, 1.165) is 11.4 Å². The fourth-order valence-corrected chi connectivity index (χ4v) is 2.58. The predicted molar refractivity (Wildman–Crippen MR) is 73.2 cm³/mol. The van der Waals surface area contributed by atoms with Gasteiger partial charge in [-0.15, -0.1) is 0 Å². The van der Waals surface area contributed by atoms with Gasteiger partial charge in [0.25, 0.3) is 0 Å². The second kappa shape index (κ2) is 5.82. The third-order valence-electron chi connectivity index (χ3n) is 2.39. The Morgan fingerprint density at radius 3 is 1.44 bits per heavy atom. The lowest BCUT2D eigenvalue weighted by Gasteiger charge is -2.24. The van der Waals surface area contributed by atoms with Crippen molar-refractivity contribution >= 4 is 19.4 Å². The highest BCUT2D eigenvalue weighted by Gasteiger charge is 2.20. The molecule has 0 aliphatic carbocycles. The number of para-hydroxylation sites is 2. The van der Waals surface area contributed by atoms with Crippen LogP contribution < -0.4 is 4.67 Å². The standard InChI is InChI=1S/C14H10N3P/c15-11-18(12-16)17(13-7-3-1-4-8-13)14-9-5-2-6-10-14/h1-10H. The van der Waals surface area contributed by atoms with Crippen LogP contribution in [0.5, 0.6) is 0 Å². The lowest BCUT2D eigenvalue weighted by Crippen LogP contribution is -2.08. The van der Waals surface area contributed by atoms with Crippen LogP contribution in [0.1, 0.15) is 0 Å². The van der Waals surface area contributed by atoms with Gasteiger partial charge in [0.05, 0.1) is 0 Å². The lowest BCUT2D eigenvalue weighted by atomic mass is 10.3. The van der Waals surface area contributed by atoms with Crippen LogP contribution in [0.3, 0.4) is 0 Å². The van der Waals surface area contributed by atoms with Gasteiger partial charge in [-0.2, -0.15) is 10.5 Å². The van der Waals surface area contributed by atoms with Crippen molar-refractivity contribution in [1.29, 1.82) is 10.5 Å². The highest BCUT2D eigenvalue weighted by atomic mass is 31.1. The largest absolute Gasteiger partial charge is 0.296 e. The van der Waals surface area contributed by atoms with Crippen molar-refractivity contribution in [1.82, 2.24) is 0 Å². The number of hydrogen-bond donors (Lipinski definition) is 0. The molecule has 2 aromatic rings. The normalized spacial score (nSPS) is 9.50. The molecule has 86 valence electrons. The first-order valence-electron chi connectivity index (χ1n) is 5.36. The predicted octanol–water partition coefficient (Wildman–Crippen LogP) is 4.18. The van der Waals surface area contributed by atoms with E-state index < -0.39 is 8.07 Å². The van der Waals surface area contributed by atoms with Gasteiger partial charge in [0, 0.05) is 11.4 Å². The molecule has 18 heavy (non-hydrogen) atoms. The molecular formula is C14H10N3P. The molecule has 0 N–H and O–H groups in total. The molecule has 0 aliphatic heterocycles. The maximum atomic E-state index is 9.13. The topological polar surface area (TPSA) is 50.8 Å². The van der Waals surface area contributed by atoms with Gasteiger partial charge in [-0.05, 0) is 24.3 Å². The summed E-state index contributed by atoms with van der Waals surface area (Å²) in [6, 6.07) is 19.0. The summed E-state index contributed by atoms with van der Waals surface area (Å²) in [5.41, 5.74) is 1.72. The number of benzene rings is 2. The maximum absolute atomic E-state index is 9.13. The fourth-order valence-electron chi connectivity index (χ4n) is 1.63. The number of hydrogen-bond acceptors (Lipinski definition) is 3. The van der Waals surface area contributed by atoms with E-state index in [4.69, 9.17) is 10.5 Å². The van der Waals surface area contributed by atoms with Crippen molar-refractivity contribution in [3.63, 3.8) is 0 Å². The number of nitriles is 2. The number of nitrogens with zero attached hydrogens (tertiary/aromatic N) is 3. The Balaban J connectivity index is 2.50. The van der Waals surface area contributed by atoms with Gasteiger partial charge >= 0.3 is 0 Å². The van der Waals surface area contributed by atoms with Gasteiger partial charge in [0.15, 0.2) is 0 Å². The average Bonchev–Trinajstić information content (AvgIpc) is 2.46. The molecule has 0 saturated carbocycles. The van der Waals surface area contributed by atoms with Crippen molar-refractivity contribution in [2.45, 2.75) is 0 Å². The van der Waals surface area contributed by atoms with Crippen LogP contribution in [0.15, 0.2) is 60.7 Å². The van der Waals surface area contributed by atoms with E-state index in [0.29, 0.717) is 0 Å². The Morgan fingerprint density at radius 1 is 0.722 bits per heavy atom. The van der Waals surface area contributed by atoms with Crippen molar-refractivity contribution in [3.05, 3.63) is 60.7 Å². The quantitative estimate of drug-likeness (QED) is 0.769. The molecule has 0 aliphatic rings. The van der Waals surface area contributed by atoms with Crippen LogP contribution in [0.25, 0.3) is 0 Å². The average molecular weight is 251 g/mol. The molecule has 0 atom stereocenters. The van der Waals surface area contributed by atoms with Crippen molar-refractivity contribution in [3.8, 4) is 11.6 Å². The zero-order chi connectivity index (χ0) is 12.8. The number of rotatable bonds is 3. The molecule has 0 saturated heterocycles. The molecule has 0 amide bonds. The third-order valence-corrected chi connectivity index (χ3v) is 3.63. The summed E-state index contributed by atoms with van der Waals surface area (Å²) >= 11 is 0. The minimum Gasteiger partial charge on any atom is -0.296 e. The van der Waals surface area contributed by atoms with Gasteiger partial charge in [-0.1, -0.05) is 36.4 Å². The molecule has 0 fully saturated rings. The lowest BCUT2D eigenvalue weighted by molar-refractivity contribution is 1.41. The minimum absolute atomic E-state index is 0.859. The van der Waals surface area contributed by atoms with E-state index in [-0.39, 0.29) is 0 Å². The highest BCUT2D eigenvalue weighted by Crippen LogP contribution is 2.46. The molecule has 2 rings (SSSR count). The van der Waals surface area contributed by atoms with E-state index in [9.17, 15) is 0 Å². The van der Waals surface area contributed by atoms with Gasteiger partial charge in [-0.3, -0.25) is 4.67 Å². The molecule has 0 aromatic heterocycles. The van der Waals surface area contributed by atoms with Crippen LogP contribution in [0.2, 0.25) is 0 Å². The Kier molecular flexibility index (Phi) is 3.92.